The zero-order valence-electron chi connectivity index (χ0n) is 18.7. The van der Waals surface area contributed by atoms with E-state index in [1.165, 1.54) is 11.8 Å². The van der Waals surface area contributed by atoms with Gasteiger partial charge in [0.05, 0.1) is 26.0 Å². The minimum Gasteiger partial charge on any atom is -0.493 e. The standard InChI is InChI=1S/C23H29N5O4/c1-4-31-20-14-17(7-8-18(20)30-3)15-27-10-9-21-25-26-22(28(21)12-11-27)16(2)24-23(29)19-6-5-13-32-19/h5-8,13-14,16H,4,9-12,15H2,1-3H3,(H,24,29)/t16-/m0/s1. The molecule has 4 rings (SSSR count). The second-order valence-corrected chi connectivity index (χ2v) is 7.74. The molecule has 1 atom stereocenters. The number of furan rings is 1. The van der Waals surface area contributed by atoms with Gasteiger partial charge in [-0.25, -0.2) is 0 Å². The van der Waals surface area contributed by atoms with Crippen LogP contribution in [-0.4, -0.2) is 52.4 Å². The third-order valence-corrected chi connectivity index (χ3v) is 5.56. The smallest absolute Gasteiger partial charge is 0.287 e. The Kier molecular flexibility index (Phi) is 6.75. The maximum atomic E-state index is 12.3. The van der Waals surface area contributed by atoms with E-state index in [9.17, 15) is 4.79 Å². The van der Waals surface area contributed by atoms with E-state index >= 15 is 0 Å². The number of amides is 1. The van der Waals surface area contributed by atoms with Crippen molar-refractivity contribution in [1.29, 1.82) is 0 Å². The molecular weight excluding hydrogens is 410 g/mol. The zero-order valence-corrected chi connectivity index (χ0v) is 18.7. The van der Waals surface area contributed by atoms with Crippen molar-refractivity contribution < 1.29 is 18.7 Å². The SMILES string of the molecule is CCOc1cc(CN2CCc3nnc([C@H](C)NC(=O)c4ccco4)n3CC2)ccc1OC. The summed E-state index contributed by atoms with van der Waals surface area (Å²) in [4.78, 5) is 14.7. The summed E-state index contributed by atoms with van der Waals surface area (Å²) in [6.45, 7) is 7.76. The van der Waals surface area contributed by atoms with E-state index in [1.54, 1.807) is 19.2 Å². The summed E-state index contributed by atoms with van der Waals surface area (Å²) in [6, 6.07) is 9.12. The van der Waals surface area contributed by atoms with E-state index in [0.717, 1.165) is 55.7 Å². The third-order valence-electron chi connectivity index (χ3n) is 5.56. The number of methoxy groups -OCH3 is 1. The molecule has 0 saturated heterocycles. The first kappa shape index (κ1) is 21.9. The molecule has 9 heteroatoms. The molecule has 9 nitrogen and oxygen atoms in total. The fraction of sp³-hybridized carbons (Fsp3) is 0.435. The van der Waals surface area contributed by atoms with Gasteiger partial charge in [-0.1, -0.05) is 6.07 Å². The molecule has 32 heavy (non-hydrogen) atoms. The summed E-state index contributed by atoms with van der Waals surface area (Å²) in [5.41, 5.74) is 1.17. The lowest BCUT2D eigenvalue weighted by atomic mass is 10.2. The molecule has 1 aliphatic heterocycles. The highest BCUT2D eigenvalue weighted by molar-refractivity contribution is 5.91. The van der Waals surface area contributed by atoms with Gasteiger partial charge >= 0.3 is 0 Å². The molecule has 0 fully saturated rings. The monoisotopic (exact) mass is 439 g/mol. The first-order valence-electron chi connectivity index (χ1n) is 10.9. The number of nitrogens with one attached hydrogen (secondary N) is 1. The molecule has 2 aromatic heterocycles. The van der Waals surface area contributed by atoms with Crippen LogP contribution in [0.25, 0.3) is 0 Å². The number of nitrogens with zero attached hydrogens (tertiary/aromatic N) is 4. The van der Waals surface area contributed by atoms with Crippen LogP contribution in [-0.2, 0) is 19.5 Å². The number of rotatable bonds is 8. The first-order valence-corrected chi connectivity index (χ1v) is 10.9. The van der Waals surface area contributed by atoms with Crippen molar-refractivity contribution in [2.45, 2.75) is 39.4 Å². The number of aromatic nitrogens is 3. The van der Waals surface area contributed by atoms with Gasteiger partial charge in [-0.05, 0) is 43.7 Å². The Morgan fingerprint density at radius 2 is 2.09 bits per heavy atom. The van der Waals surface area contributed by atoms with Crippen molar-refractivity contribution >= 4 is 5.91 Å². The van der Waals surface area contributed by atoms with Crippen molar-refractivity contribution in [1.82, 2.24) is 25.0 Å². The van der Waals surface area contributed by atoms with Crippen LogP contribution in [0.5, 0.6) is 11.5 Å². The number of hydrogen-bond donors (Lipinski definition) is 1. The van der Waals surface area contributed by atoms with Gasteiger partial charge in [0.25, 0.3) is 5.91 Å². The lowest BCUT2D eigenvalue weighted by Crippen LogP contribution is -2.30. The quantitative estimate of drug-likeness (QED) is 0.577. The number of ether oxygens (including phenoxy) is 2. The second-order valence-electron chi connectivity index (χ2n) is 7.74. The van der Waals surface area contributed by atoms with Crippen molar-refractivity contribution in [3.05, 3.63) is 59.6 Å². The van der Waals surface area contributed by atoms with Crippen molar-refractivity contribution in [3.63, 3.8) is 0 Å². The molecule has 1 aromatic carbocycles. The highest BCUT2D eigenvalue weighted by Gasteiger charge is 2.24. The molecule has 1 N–H and O–H groups in total. The van der Waals surface area contributed by atoms with Gasteiger partial charge in [-0.3, -0.25) is 9.69 Å². The fourth-order valence-electron chi connectivity index (χ4n) is 3.95. The summed E-state index contributed by atoms with van der Waals surface area (Å²) in [7, 11) is 1.65. The largest absolute Gasteiger partial charge is 0.493 e. The number of fused-ring (bicyclic) bond motifs is 1. The molecule has 0 unspecified atom stereocenters. The number of carbonyl (C=O) groups is 1. The first-order chi connectivity index (χ1) is 15.6. The Morgan fingerprint density at radius 1 is 1.22 bits per heavy atom. The van der Waals surface area contributed by atoms with Crippen molar-refractivity contribution in [2.24, 2.45) is 0 Å². The van der Waals surface area contributed by atoms with Crippen LogP contribution < -0.4 is 14.8 Å². The predicted octanol–water partition coefficient (Wildman–Crippen LogP) is 2.83. The summed E-state index contributed by atoms with van der Waals surface area (Å²) < 4.78 is 18.4. The average Bonchev–Trinajstić information content (AvgIpc) is 3.43. The predicted molar refractivity (Wildman–Crippen MR) is 118 cm³/mol. The number of benzene rings is 1. The van der Waals surface area contributed by atoms with Crippen LogP contribution in [0, 0.1) is 0 Å². The summed E-state index contributed by atoms with van der Waals surface area (Å²) in [5, 5.41) is 11.7. The molecular formula is C23H29N5O4. The molecule has 170 valence electrons. The summed E-state index contributed by atoms with van der Waals surface area (Å²) >= 11 is 0. The molecule has 0 bridgehead atoms. The van der Waals surface area contributed by atoms with Gasteiger partial charge in [0.1, 0.15) is 5.82 Å². The van der Waals surface area contributed by atoms with E-state index in [4.69, 9.17) is 13.9 Å². The van der Waals surface area contributed by atoms with E-state index in [-0.39, 0.29) is 17.7 Å². The van der Waals surface area contributed by atoms with E-state index in [0.29, 0.717) is 6.61 Å². The van der Waals surface area contributed by atoms with Gasteiger partial charge in [0.2, 0.25) is 0 Å². The summed E-state index contributed by atoms with van der Waals surface area (Å²) in [5.74, 6) is 3.22. The maximum Gasteiger partial charge on any atom is 0.287 e. The Hall–Kier alpha value is -3.33. The normalized spacial score (nSPS) is 15.0. The minimum absolute atomic E-state index is 0.264. The summed E-state index contributed by atoms with van der Waals surface area (Å²) in [6.07, 6.45) is 2.28. The van der Waals surface area contributed by atoms with E-state index in [2.05, 4.69) is 31.0 Å². The van der Waals surface area contributed by atoms with Crippen LogP contribution >= 0.6 is 0 Å². The maximum absolute atomic E-state index is 12.3. The third kappa shape index (κ3) is 4.77. The van der Waals surface area contributed by atoms with Gasteiger partial charge in [-0.15, -0.1) is 10.2 Å². The Balaban J connectivity index is 1.41. The van der Waals surface area contributed by atoms with Crippen LogP contribution in [0.15, 0.2) is 41.0 Å². The lowest BCUT2D eigenvalue weighted by molar-refractivity contribution is 0.0909. The lowest BCUT2D eigenvalue weighted by Gasteiger charge is -2.21. The molecule has 0 saturated carbocycles. The van der Waals surface area contributed by atoms with Crippen LogP contribution in [0.4, 0.5) is 0 Å². The molecule has 0 radical (unpaired) electrons. The zero-order chi connectivity index (χ0) is 22.5. The molecule has 0 aliphatic carbocycles. The molecule has 1 amide bonds. The Labute approximate surface area is 187 Å². The topological polar surface area (TPSA) is 94.6 Å². The molecule has 3 aromatic rings. The van der Waals surface area contributed by atoms with Gasteiger partial charge in [-0.2, -0.15) is 0 Å². The van der Waals surface area contributed by atoms with Gasteiger partial charge < -0.3 is 23.8 Å². The average molecular weight is 440 g/mol. The minimum atomic E-state index is -0.282. The van der Waals surface area contributed by atoms with Crippen LogP contribution in [0.2, 0.25) is 0 Å². The van der Waals surface area contributed by atoms with E-state index < -0.39 is 0 Å². The molecule has 0 spiro atoms. The number of hydrogen-bond acceptors (Lipinski definition) is 7. The van der Waals surface area contributed by atoms with Crippen molar-refractivity contribution in [3.8, 4) is 11.5 Å². The van der Waals surface area contributed by atoms with Crippen LogP contribution in [0.3, 0.4) is 0 Å². The highest BCUT2D eigenvalue weighted by atomic mass is 16.5. The number of carbonyl (C=O) groups excluding carboxylic acids is 1. The highest BCUT2D eigenvalue weighted by Crippen LogP contribution is 2.29. The Morgan fingerprint density at radius 3 is 2.84 bits per heavy atom. The van der Waals surface area contributed by atoms with Crippen LogP contribution in [0.1, 0.15) is 47.7 Å². The molecule has 1 aliphatic rings. The molecule has 3 heterocycles. The van der Waals surface area contributed by atoms with Gasteiger partial charge in [0.15, 0.2) is 23.1 Å². The fourth-order valence-corrected chi connectivity index (χ4v) is 3.95. The van der Waals surface area contributed by atoms with E-state index in [1.807, 2.05) is 26.0 Å². The second kappa shape index (κ2) is 9.86. The van der Waals surface area contributed by atoms with Crippen molar-refractivity contribution in [2.75, 3.05) is 26.8 Å². The Bertz CT molecular complexity index is 1050. The van der Waals surface area contributed by atoms with Gasteiger partial charge in [0, 0.05) is 32.6 Å².